The molecular weight excluding hydrogens is 557 g/mol. The zero-order chi connectivity index (χ0) is 27.4. The van der Waals surface area contributed by atoms with Crippen LogP contribution in [0, 0.1) is 5.41 Å². The number of ether oxygens (including phenoxy) is 2. The van der Waals surface area contributed by atoms with Crippen molar-refractivity contribution in [3.8, 4) is 5.75 Å². The Hall–Kier alpha value is -2.72. The predicted octanol–water partition coefficient (Wildman–Crippen LogP) is 5.85. The van der Waals surface area contributed by atoms with E-state index in [4.69, 9.17) is 38.1 Å². The van der Waals surface area contributed by atoms with Gasteiger partial charge in [0.15, 0.2) is 0 Å². The first kappa shape index (κ1) is 27.8. The molecule has 206 valence electrons. The summed E-state index contributed by atoms with van der Waals surface area (Å²) in [6.45, 7) is 4.02. The van der Waals surface area contributed by atoms with Gasteiger partial charge in [-0.1, -0.05) is 23.2 Å². The average Bonchev–Trinajstić information content (AvgIpc) is 2.94. The molecule has 5 rings (SSSR count). The van der Waals surface area contributed by atoms with Gasteiger partial charge in [-0.2, -0.15) is 0 Å². The highest BCUT2D eigenvalue weighted by Crippen LogP contribution is 2.34. The maximum atomic E-state index is 11.7. The lowest BCUT2D eigenvalue weighted by atomic mass is 10.0. The van der Waals surface area contributed by atoms with Crippen molar-refractivity contribution in [2.75, 3.05) is 41.4 Å². The Morgan fingerprint density at radius 1 is 1.15 bits per heavy atom. The number of pyridine rings is 2. The molecule has 3 aromatic rings. The Morgan fingerprint density at radius 3 is 2.59 bits per heavy atom. The van der Waals surface area contributed by atoms with Gasteiger partial charge in [-0.25, -0.2) is 4.98 Å². The van der Waals surface area contributed by atoms with Crippen LogP contribution in [0.2, 0.25) is 10.0 Å². The van der Waals surface area contributed by atoms with Crippen molar-refractivity contribution in [1.82, 2.24) is 9.97 Å². The van der Waals surface area contributed by atoms with E-state index in [9.17, 15) is 4.21 Å². The minimum atomic E-state index is -0.750. The fourth-order valence-corrected chi connectivity index (χ4v) is 6.50. The van der Waals surface area contributed by atoms with Gasteiger partial charge in [-0.3, -0.25) is 14.6 Å². The summed E-state index contributed by atoms with van der Waals surface area (Å²) in [5.74, 6) is 2.71. The predicted molar refractivity (Wildman–Crippen MR) is 157 cm³/mol. The maximum absolute atomic E-state index is 11.7. The van der Waals surface area contributed by atoms with Gasteiger partial charge in [0.2, 0.25) is 0 Å². The smallest absolute Gasteiger partial charge is 0.128 e. The van der Waals surface area contributed by atoms with Crippen molar-refractivity contribution in [2.24, 2.45) is 0 Å². The Morgan fingerprint density at radius 2 is 1.92 bits per heavy atom. The molecule has 0 bridgehead atoms. The first-order valence-electron chi connectivity index (χ1n) is 13.0. The molecule has 39 heavy (non-hydrogen) atoms. The van der Waals surface area contributed by atoms with E-state index in [-0.39, 0.29) is 6.23 Å². The monoisotopic (exact) mass is 587 g/mol. The molecule has 8 nitrogen and oxygen atoms in total. The highest BCUT2D eigenvalue weighted by atomic mass is 35.5. The van der Waals surface area contributed by atoms with Gasteiger partial charge in [0, 0.05) is 83.0 Å². The Balaban J connectivity index is 1.41. The minimum absolute atomic E-state index is 0.115. The number of hydrogen-bond acceptors (Lipinski definition) is 8. The molecular formula is C28H31Cl2N5O3S. The Labute approximate surface area is 241 Å². The molecule has 0 saturated carbocycles. The van der Waals surface area contributed by atoms with Crippen LogP contribution in [0.4, 0.5) is 11.5 Å². The maximum Gasteiger partial charge on any atom is 0.128 e. The van der Waals surface area contributed by atoms with Crippen molar-refractivity contribution < 1.29 is 13.7 Å². The number of rotatable bonds is 8. The number of halogens is 2. The second-order valence-electron chi connectivity index (χ2n) is 9.60. The van der Waals surface area contributed by atoms with Gasteiger partial charge in [0.1, 0.15) is 23.9 Å². The lowest BCUT2D eigenvalue weighted by molar-refractivity contribution is 0.0343. The van der Waals surface area contributed by atoms with Crippen LogP contribution in [0.5, 0.6) is 5.75 Å². The molecule has 2 fully saturated rings. The zero-order valence-electron chi connectivity index (χ0n) is 21.7. The van der Waals surface area contributed by atoms with E-state index in [0.29, 0.717) is 56.3 Å². The van der Waals surface area contributed by atoms with Crippen LogP contribution in [-0.4, -0.2) is 57.3 Å². The molecule has 1 unspecified atom stereocenters. The Kier molecular flexibility index (Phi) is 9.02. The van der Waals surface area contributed by atoms with E-state index >= 15 is 0 Å². The van der Waals surface area contributed by atoms with Crippen molar-refractivity contribution in [3.05, 3.63) is 75.7 Å². The third-order valence-electron chi connectivity index (χ3n) is 6.90. The standard InChI is InChI=1S/C28H31Cl2N5O3S/c1-18(27-22(29)16-32-17-23(27)30)38-20-6-7-24(34-26-4-2-3-11-37-26)21(14-20)28(31)19-5-8-25(33-15-19)35-9-12-39(36)13-10-35/h5-8,14-18,26,31,34H,2-4,9-13H2,1H3/t18-,26?/m1/s1. The van der Waals surface area contributed by atoms with E-state index in [1.54, 1.807) is 18.6 Å². The highest BCUT2D eigenvalue weighted by Gasteiger charge is 2.21. The number of aromatic nitrogens is 2. The van der Waals surface area contributed by atoms with Gasteiger partial charge in [0.05, 0.1) is 15.8 Å². The number of anilines is 2. The lowest BCUT2D eigenvalue weighted by Crippen LogP contribution is -2.38. The van der Waals surface area contributed by atoms with Crippen LogP contribution in [-0.2, 0) is 15.5 Å². The summed E-state index contributed by atoms with van der Waals surface area (Å²) in [6, 6.07) is 9.45. The lowest BCUT2D eigenvalue weighted by Gasteiger charge is -2.27. The summed E-state index contributed by atoms with van der Waals surface area (Å²) in [7, 11) is -0.750. The molecule has 0 radical (unpaired) electrons. The van der Waals surface area contributed by atoms with Gasteiger partial charge < -0.3 is 19.7 Å². The molecule has 2 aliphatic rings. The summed E-state index contributed by atoms with van der Waals surface area (Å²) in [5.41, 5.74) is 3.10. The summed E-state index contributed by atoms with van der Waals surface area (Å²) in [5, 5.41) is 13.4. The highest BCUT2D eigenvalue weighted by molar-refractivity contribution is 7.85. The molecule has 2 saturated heterocycles. The Bertz CT molecular complexity index is 1320. The summed E-state index contributed by atoms with van der Waals surface area (Å²) < 4.78 is 23.9. The van der Waals surface area contributed by atoms with Gasteiger partial charge in [-0.15, -0.1) is 0 Å². The number of nitrogens with one attached hydrogen (secondary N) is 2. The summed E-state index contributed by atoms with van der Waals surface area (Å²) in [6.07, 6.45) is 7.30. The largest absolute Gasteiger partial charge is 0.486 e. The topological polar surface area (TPSA) is 100 Å². The van der Waals surface area contributed by atoms with Crippen molar-refractivity contribution in [3.63, 3.8) is 0 Å². The second-order valence-corrected chi connectivity index (χ2v) is 12.1. The molecule has 0 aliphatic carbocycles. The number of hydrogen-bond donors (Lipinski definition) is 2. The van der Waals surface area contributed by atoms with Gasteiger partial charge >= 0.3 is 0 Å². The molecule has 11 heteroatoms. The first-order chi connectivity index (χ1) is 18.9. The molecule has 1 aromatic carbocycles. The number of benzene rings is 1. The molecule has 0 amide bonds. The van der Waals surface area contributed by atoms with Gasteiger partial charge in [0.25, 0.3) is 0 Å². The fourth-order valence-electron chi connectivity index (χ4n) is 4.77. The SMILES string of the molecule is C[C@@H](Oc1ccc(NC2CCCCO2)c(C(=N)c2ccc(N3CCS(=O)CC3)nc2)c1)c1c(Cl)cncc1Cl. The van der Waals surface area contributed by atoms with Crippen LogP contribution >= 0.6 is 23.2 Å². The van der Waals surface area contributed by atoms with Crippen LogP contribution in [0.1, 0.15) is 49.0 Å². The third-order valence-corrected chi connectivity index (χ3v) is 8.78. The van der Waals surface area contributed by atoms with Crippen molar-refractivity contribution in [2.45, 2.75) is 38.5 Å². The van der Waals surface area contributed by atoms with Crippen LogP contribution in [0.3, 0.4) is 0 Å². The molecule has 4 heterocycles. The van der Waals surface area contributed by atoms with E-state index in [1.165, 1.54) is 0 Å². The molecule has 2 N–H and O–H groups in total. The van der Waals surface area contributed by atoms with Crippen molar-refractivity contribution >= 4 is 51.2 Å². The van der Waals surface area contributed by atoms with Crippen LogP contribution in [0.15, 0.2) is 48.9 Å². The van der Waals surface area contributed by atoms with E-state index in [2.05, 4.69) is 20.2 Å². The molecule has 2 aliphatic heterocycles. The summed E-state index contributed by atoms with van der Waals surface area (Å²) in [4.78, 5) is 10.8. The van der Waals surface area contributed by atoms with Gasteiger partial charge in [-0.05, 0) is 56.5 Å². The van der Waals surface area contributed by atoms with Crippen molar-refractivity contribution in [1.29, 1.82) is 5.41 Å². The first-order valence-corrected chi connectivity index (χ1v) is 15.3. The second kappa shape index (κ2) is 12.6. The van der Waals surface area contributed by atoms with Crippen LogP contribution < -0.4 is 15.0 Å². The van der Waals surface area contributed by atoms with Crippen LogP contribution in [0.25, 0.3) is 0 Å². The van der Waals surface area contributed by atoms with E-state index < -0.39 is 16.9 Å². The quantitative estimate of drug-likeness (QED) is 0.319. The third kappa shape index (κ3) is 6.72. The fraction of sp³-hybridized carbons (Fsp3) is 0.393. The van der Waals surface area contributed by atoms with E-state index in [0.717, 1.165) is 43.9 Å². The zero-order valence-corrected chi connectivity index (χ0v) is 24.0. The average molecular weight is 589 g/mol. The number of nitrogens with zero attached hydrogens (tertiary/aromatic N) is 3. The molecule has 2 atom stereocenters. The van der Waals surface area contributed by atoms with E-state index in [1.807, 2.05) is 37.3 Å². The summed E-state index contributed by atoms with van der Waals surface area (Å²) >= 11 is 12.7. The minimum Gasteiger partial charge on any atom is -0.486 e. The normalized spacial score (nSPS) is 18.9. The molecule has 0 spiro atoms. The molecule has 2 aromatic heterocycles.